The van der Waals surface area contributed by atoms with Gasteiger partial charge in [0.25, 0.3) is 0 Å². The van der Waals surface area contributed by atoms with Gasteiger partial charge in [0.1, 0.15) is 11.3 Å². The maximum absolute atomic E-state index is 5.93. The number of hydrogen-bond acceptors (Lipinski definition) is 3. The van der Waals surface area contributed by atoms with Gasteiger partial charge in [-0.3, -0.25) is 0 Å². The second kappa shape index (κ2) is 5.22. The zero-order valence-corrected chi connectivity index (χ0v) is 12.5. The van der Waals surface area contributed by atoms with Crippen molar-refractivity contribution in [3.63, 3.8) is 0 Å². The Bertz CT molecular complexity index is 571. The highest BCUT2D eigenvalue weighted by Gasteiger charge is 2.41. The Hall–Kier alpha value is -0.930. The molecule has 1 N–H and O–H groups in total. The molecule has 0 amide bonds. The highest BCUT2D eigenvalue weighted by atomic mass is 32.2. The number of aryl methyl sites for hydroxylation is 1. The molecule has 3 heteroatoms. The molecule has 1 saturated carbocycles. The van der Waals surface area contributed by atoms with Crippen LogP contribution in [-0.4, -0.2) is 17.5 Å². The van der Waals surface area contributed by atoms with Crippen LogP contribution in [0.5, 0.6) is 0 Å². The van der Waals surface area contributed by atoms with Crippen molar-refractivity contribution < 1.29 is 4.42 Å². The summed E-state index contributed by atoms with van der Waals surface area (Å²) in [6, 6.07) is 8.35. The average Bonchev–Trinajstić information content (AvgIpc) is 3.14. The number of para-hydroxylation sites is 1. The monoisotopic (exact) mass is 275 g/mol. The molecule has 1 aliphatic carbocycles. The predicted molar refractivity (Wildman–Crippen MR) is 82.8 cm³/mol. The quantitative estimate of drug-likeness (QED) is 0.863. The van der Waals surface area contributed by atoms with Crippen molar-refractivity contribution in [3.8, 4) is 0 Å². The van der Waals surface area contributed by atoms with Crippen molar-refractivity contribution in [1.82, 2.24) is 5.32 Å². The number of nitrogens with one attached hydrogen (secondary N) is 1. The normalized spacial score (nSPS) is 16.9. The SMILES string of the molecule is CCc1oc2ccccc2c1CNCC1(SC)CC1. The number of hydrogen-bond donors (Lipinski definition) is 1. The average molecular weight is 275 g/mol. The van der Waals surface area contributed by atoms with Crippen LogP contribution >= 0.6 is 11.8 Å². The zero-order chi connectivity index (χ0) is 13.3. The Kier molecular flexibility index (Phi) is 3.59. The molecule has 0 saturated heterocycles. The minimum atomic E-state index is 0.520. The van der Waals surface area contributed by atoms with E-state index < -0.39 is 0 Å². The molecule has 1 aromatic carbocycles. The van der Waals surface area contributed by atoms with Crippen LogP contribution in [0, 0.1) is 0 Å². The summed E-state index contributed by atoms with van der Waals surface area (Å²) in [4.78, 5) is 0. The lowest BCUT2D eigenvalue weighted by molar-refractivity contribution is 0.543. The zero-order valence-electron chi connectivity index (χ0n) is 11.7. The lowest BCUT2D eigenvalue weighted by atomic mass is 10.1. The number of benzene rings is 1. The smallest absolute Gasteiger partial charge is 0.134 e. The molecule has 19 heavy (non-hydrogen) atoms. The van der Waals surface area contributed by atoms with Crippen molar-refractivity contribution in [1.29, 1.82) is 0 Å². The first-order valence-corrected chi connectivity index (χ1v) is 8.25. The van der Waals surface area contributed by atoms with Crippen LogP contribution in [0.1, 0.15) is 31.1 Å². The van der Waals surface area contributed by atoms with E-state index in [2.05, 4.69) is 36.7 Å². The molecule has 0 unspecified atom stereocenters. The third kappa shape index (κ3) is 2.54. The van der Waals surface area contributed by atoms with Crippen LogP contribution in [-0.2, 0) is 13.0 Å². The largest absolute Gasteiger partial charge is 0.461 e. The molecule has 0 aliphatic heterocycles. The standard InChI is InChI=1S/C16H21NOS/c1-3-14-13(10-17-11-16(19-2)8-9-16)12-6-4-5-7-15(12)18-14/h4-7,17H,3,8-11H2,1-2H3. The minimum Gasteiger partial charge on any atom is -0.461 e. The van der Waals surface area contributed by atoms with Crippen LogP contribution in [0.3, 0.4) is 0 Å². The Balaban J connectivity index is 1.76. The summed E-state index contributed by atoms with van der Waals surface area (Å²) in [7, 11) is 0. The fourth-order valence-corrected chi connectivity index (χ4v) is 3.39. The van der Waals surface area contributed by atoms with Crippen LogP contribution in [0.25, 0.3) is 11.0 Å². The molecule has 0 bridgehead atoms. The van der Waals surface area contributed by atoms with Gasteiger partial charge in [0.15, 0.2) is 0 Å². The Morgan fingerprint density at radius 2 is 2.11 bits per heavy atom. The molecule has 1 heterocycles. The van der Waals surface area contributed by atoms with E-state index in [0.717, 1.165) is 30.9 Å². The number of furan rings is 1. The van der Waals surface area contributed by atoms with Crippen LogP contribution in [0.4, 0.5) is 0 Å². The summed E-state index contributed by atoms with van der Waals surface area (Å²) in [5.41, 5.74) is 2.36. The summed E-state index contributed by atoms with van der Waals surface area (Å²) in [6.45, 7) is 4.19. The Morgan fingerprint density at radius 3 is 2.79 bits per heavy atom. The second-order valence-electron chi connectivity index (χ2n) is 5.34. The molecule has 3 rings (SSSR count). The van der Waals surface area contributed by atoms with E-state index in [1.807, 2.05) is 17.8 Å². The molecular weight excluding hydrogens is 254 g/mol. The van der Waals surface area contributed by atoms with Gasteiger partial charge in [-0.15, -0.1) is 0 Å². The summed E-state index contributed by atoms with van der Waals surface area (Å²) in [5, 5.41) is 4.89. The molecule has 0 spiro atoms. The lowest BCUT2D eigenvalue weighted by Crippen LogP contribution is -2.25. The van der Waals surface area contributed by atoms with E-state index in [9.17, 15) is 0 Å². The second-order valence-corrected chi connectivity index (χ2v) is 6.62. The molecule has 102 valence electrons. The van der Waals surface area contributed by atoms with E-state index in [-0.39, 0.29) is 0 Å². The maximum atomic E-state index is 5.93. The van der Waals surface area contributed by atoms with Crippen molar-refractivity contribution in [2.45, 2.75) is 37.5 Å². The highest BCUT2D eigenvalue weighted by Crippen LogP contribution is 2.46. The van der Waals surface area contributed by atoms with Gasteiger partial charge in [0.05, 0.1) is 0 Å². The minimum absolute atomic E-state index is 0.520. The molecule has 1 aliphatic rings. The van der Waals surface area contributed by atoms with Gasteiger partial charge in [0, 0.05) is 35.2 Å². The third-order valence-corrected chi connectivity index (χ3v) is 5.51. The van der Waals surface area contributed by atoms with E-state index in [4.69, 9.17) is 4.42 Å². The van der Waals surface area contributed by atoms with E-state index in [1.54, 1.807) is 0 Å². The van der Waals surface area contributed by atoms with Crippen LogP contribution in [0.2, 0.25) is 0 Å². The van der Waals surface area contributed by atoms with Gasteiger partial charge in [-0.1, -0.05) is 25.1 Å². The Labute approximate surface area is 118 Å². The summed E-state index contributed by atoms with van der Waals surface area (Å²) < 4.78 is 6.45. The van der Waals surface area contributed by atoms with Gasteiger partial charge in [-0.2, -0.15) is 11.8 Å². The van der Waals surface area contributed by atoms with Crippen molar-refractivity contribution in [2.24, 2.45) is 0 Å². The summed E-state index contributed by atoms with van der Waals surface area (Å²) >= 11 is 2.00. The van der Waals surface area contributed by atoms with Gasteiger partial charge in [-0.25, -0.2) is 0 Å². The van der Waals surface area contributed by atoms with E-state index in [1.165, 1.54) is 23.8 Å². The third-order valence-electron chi connectivity index (χ3n) is 4.09. The first-order valence-electron chi connectivity index (χ1n) is 7.03. The van der Waals surface area contributed by atoms with Gasteiger partial charge in [-0.05, 0) is 25.2 Å². The highest BCUT2D eigenvalue weighted by molar-refractivity contribution is 8.00. The fourth-order valence-electron chi connectivity index (χ4n) is 2.64. The molecule has 1 fully saturated rings. The van der Waals surface area contributed by atoms with Crippen LogP contribution in [0.15, 0.2) is 28.7 Å². The number of fused-ring (bicyclic) bond motifs is 1. The van der Waals surface area contributed by atoms with Gasteiger partial charge < -0.3 is 9.73 Å². The van der Waals surface area contributed by atoms with Crippen LogP contribution < -0.4 is 5.32 Å². The molecular formula is C16H21NOS. The summed E-state index contributed by atoms with van der Waals surface area (Å²) in [5.74, 6) is 1.13. The molecule has 0 atom stereocenters. The van der Waals surface area contributed by atoms with Crippen molar-refractivity contribution in [3.05, 3.63) is 35.6 Å². The number of thioether (sulfide) groups is 1. The van der Waals surface area contributed by atoms with Crippen molar-refractivity contribution in [2.75, 3.05) is 12.8 Å². The first-order chi connectivity index (χ1) is 9.28. The molecule has 1 aromatic heterocycles. The first kappa shape index (κ1) is 13.1. The predicted octanol–water partition coefficient (Wildman–Crippen LogP) is 3.98. The summed E-state index contributed by atoms with van der Waals surface area (Å²) in [6.07, 6.45) is 5.89. The topological polar surface area (TPSA) is 25.2 Å². The molecule has 2 nitrogen and oxygen atoms in total. The maximum Gasteiger partial charge on any atom is 0.134 e. The van der Waals surface area contributed by atoms with E-state index in [0.29, 0.717) is 4.75 Å². The fraction of sp³-hybridized carbons (Fsp3) is 0.500. The lowest BCUT2D eigenvalue weighted by Gasteiger charge is -2.13. The van der Waals surface area contributed by atoms with Gasteiger partial charge >= 0.3 is 0 Å². The number of rotatable bonds is 6. The molecule has 2 aromatic rings. The van der Waals surface area contributed by atoms with E-state index >= 15 is 0 Å². The van der Waals surface area contributed by atoms with Gasteiger partial charge in [0.2, 0.25) is 0 Å². The Morgan fingerprint density at radius 1 is 1.32 bits per heavy atom. The van der Waals surface area contributed by atoms with Crippen molar-refractivity contribution >= 4 is 22.7 Å². The molecule has 0 radical (unpaired) electrons.